The standard InChI is InChI=1S/C30H31ClN2O2/c1-2-6-22-7-3-10-28-27(22)21-23(26-9-4-17-32-29(26)35-28)8-5-18-33-19-15-30(34,16-20-33)24-11-13-25(31)14-12-24/h2-4,7-14,17,21-22,34H,1,5-6,15-16,18-20H2. The number of pyridine rings is 1. The van der Waals surface area contributed by atoms with Gasteiger partial charge in [-0.3, -0.25) is 0 Å². The SMILES string of the molecule is C=CCC1C=CC=C2Oc3ncccc3C(=CCCN3CCC(O)(c4ccc(Cl)cc4)CC3)C=C21. The molecule has 1 unspecified atom stereocenters. The number of allylic oxidation sites excluding steroid dienone is 7. The first kappa shape index (κ1) is 23.8. The van der Waals surface area contributed by atoms with E-state index in [1.807, 2.05) is 42.5 Å². The number of hydrogen-bond acceptors (Lipinski definition) is 4. The number of benzene rings is 1. The van der Waals surface area contributed by atoms with E-state index in [0.29, 0.717) is 10.9 Å². The summed E-state index contributed by atoms with van der Waals surface area (Å²) in [5, 5.41) is 11.9. The largest absolute Gasteiger partial charge is 0.438 e. The van der Waals surface area contributed by atoms with Gasteiger partial charge >= 0.3 is 0 Å². The van der Waals surface area contributed by atoms with Crippen LogP contribution in [0.25, 0.3) is 5.57 Å². The molecule has 0 amide bonds. The van der Waals surface area contributed by atoms with Crippen molar-refractivity contribution in [1.29, 1.82) is 0 Å². The van der Waals surface area contributed by atoms with Crippen LogP contribution in [0.15, 0.2) is 97.0 Å². The van der Waals surface area contributed by atoms with Crippen LogP contribution in [0.2, 0.25) is 5.02 Å². The molecule has 5 rings (SSSR count). The lowest BCUT2D eigenvalue weighted by Gasteiger charge is -2.38. The zero-order chi connectivity index (χ0) is 24.3. The average molecular weight is 487 g/mol. The van der Waals surface area contributed by atoms with E-state index in [0.717, 1.165) is 67.8 Å². The third-order valence-electron chi connectivity index (χ3n) is 7.17. The molecule has 0 bridgehead atoms. The van der Waals surface area contributed by atoms with Crippen LogP contribution < -0.4 is 4.74 Å². The van der Waals surface area contributed by atoms with E-state index >= 15 is 0 Å². The maximum atomic E-state index is 11.2. The fraction of sp³-hybridized carbons (Fsp3) is 0.300. The monoisotopic (exact) mass is 486 g/mol. The molecule has 180 valence electrons. The van der Waals surface area contributed by atoms with Gasteiger partial charge in [0.15, 0.2) is 0 Å². The van der Waals surface area contributed by atoms with Gasteiger partial charge in [0.2, 0.25) is 5.88 Å². The number of aromatic nitrogens is 1. The summed E-state index contributed by atoms with van der Waals surface area (Å²) in [4.78, 5) is 6.94. The summed E-state index contributed by atoms with van der Waals surface area (Å²) >= 11 is 6.02. The van der Waals surface area contributed by atoms with E-state index in [4.69, 9.17) is 16.3 Å². The molecule has 2 aliphatic heterocycles. The van der Waals surface area contributed by atoms with Crippen molar-refractivity contribution in [2.24, 2.45) is 5.92 Å². The third-order valence-corrected chi connectivity index (χ3v) is 7.42. The summed E-state index contributed by atoms with van der Waals surface area (Å²) in [6.07, 6.45) is 17.8. The summed E-state index contributed by atoms with van der Waals surface area (Å²) in [6.45, 7) is 6.60. The Morgan fingerprint density at radius 3 is 2.77 bits per heavy atom. The molecule has 1 atom stereocenters. The lowest BCUT2D eigenvalue weighted by molar-refractivity contribution is -0.0254. The van der Waals surface area contributed by atoms with Crippen LogP contribution in [-0.2, 0) is 5.60 Å². The number of halogens is 1. The topological polar surface area (TPSA) is 45.6 Å². The normalized spacial score (nSPS) is 22.3. The van der Waals surface area contributed by atoms with Crippen molar-refractivity contribution in [2.45, 2.75) is 31.3 Å². The van der Waals surface area contributed by atoms with Crippen molar-refractivity contribution in [3.8, 4) is 5.88 Å². The van der Waals surface area contributed by atoms with Crippen LogP contribution >= 0.6 is 11.6 Å². The van der Waals surface area contributed by atoms with E-state index in [9.17, 15) is 5.11 Å². The van der Waals surface area contributed by atoms with Gasteiger partial charge in [0.05, 0.1) is 5.60 Å². The molecular weight excluding hydrogens is 456 g/mol. The molecule has 1 N–H and O–H groups in total. The van der Waals surface area contributed by atoms with E-state index in [2.05, 4.69) is 46.8 Å². The van der Waals surface area contributed by atoms with Gasteiger partial charge < -0.3 is 14.7 Å². The fourth-order valence-electron chi connectivity index (χ4n) is 5.12. The second-order valence-corrected chi connectivity index (χ2v) is 9.87. The fourth-order valence-corrected chi connectivity index (χ4v) is 5.25. The Hall–Kier alpha value is -2.92. The number of aliphatic hydroxyl groups is 1. The van der Waals surface area contributed by atoms with E-state index in [1.54, 1.807) is 6.20 Å². The Labute approximate surface area is 212 Å². The van der Waals surface area contributed by atoms with E-state index in [-0.39, 0.29) is 5.92 Å². The van der Waals surface area contributed by atoms with Gasteiger partial charge in [-0.25, -0.2) is 4.98 Å². The molecule has 3 heterocycles. The lowest BCUT2D eigenvalue weighted by atomic mass is 9.84. The molecule has 3 aliphatic rings. The highest BCUT2D eigenvalue weighted by molar-refractivity contribution is 6.30. The Morgan fingerprint density at radius 2 is 2.00 bits per heavy atom. The highest BCUT2D eigenvalue weighted by Gasteiger charge is 2.33. The maximum absolute atomic E-state index is 11.2. The quantitative estimate of drug-likeness (QED) is 0.476. The van der Waals surface area contributed by atoms with Gasteiger partial charge in [-0.15, -0.1) is 6.58 Å². The highest BCUT2D eigenvalue weighted by Crippen LogP contribution is 2.39. The van der Waals surface area contributed by atoms with Crippen molar-refractivity contribution in [2.75, 3.05) is 19.6 Å². The predicted octanol–water partition coefficient (Wildman–Crippen LogP) is 6.46. The molecule has 1 aliphatic carbocycles. The maximum Gasteiger partial charge on any atom is 0.227 e. The third kappa shape index (κ3) is 5.20. The summed E-state index contributed by atoms with van der Waals surface area (Å²) < 4.78 is 6.25. The zero-order valence-electron chi connectivity index (χ0n) is 19.9. The van der Waals surface area contributed by atoms with Crippen LogP contribution in [0.5, 0.6) is 5.88 Å². The van der Waals surface area contributed by atoms with Crippen LogP contribution in [-0.4, -0.2) is 34.6 Å². The predicted molar refractivity (Wildman–Crippen MR) is 142 cm³/mol. The number of piperidine rings is 1. The van der Waals surface area contributed by atoms with Crippen molar-refractivity contribution >= 4 is 17.2 Å². The van der Waals surface area contributed by atoms with Gasteiger partial charge in [-0.2, -0.15) is 0 Å². The minimum Gasteiger partial charge on any atom is -0.438 e. The molecular formula is C30H31ClN2O2. The van der Waals surface area contributed by atoms with Gasteiger partial charge in [0.25, 0.3) is 0 Å². The minimum atomic E-state index is -0.773. The average Bonchev–Trinajstić information content (AvgIpc) is 3.03. The number of nitrogens with zero attached hydrogens (tertiary/aromatic N) is 2. The number of likely N-dealkylation sites (tertiary alicyclic amines) is 1. The van der Waals surface area contributed by atoms with E-state index < -0.39 is 5.60 Å². The molecule has 1 aromatic carbocycles. The van der Waals surface area contributed by atoms with Gasteiger partial charge in [-0.05, 0) is 73.2 Å². The first-order valence-electron chi connectivity index (χ1n) is 12.3. The summed E-state index contributed by atoms with van der Waals surface area (Å²) in [7, 11) is 0. The van der Waals surface area contributed by atoms with Crippen molar-refractivity contribution in [1.82, 2.24) is 9.88 Å². The molecule has 0 spiro atoms. The van der Waals surface area contributed by atoms with Crippen LogP contribution in [0.3, 0.4) is 0 Å². The van der Waals surface area contributed by atoms with Crippen molar-refractivity contribution in [3.63, 3.8) is 0 Å². The number of hydrogen-bond donors (Lipinski definition) is 1. The van der Waals surface area contributed by atoms with E-state index in [1.165, 1.54) is 5.57 Å². The minimum absolute atomic E-state index is 0.248. The smallest absolute Gasteiger partial charge is 0.227 e. The molecule has 5 heteroatoms. The van der Waals surface area contributed by atoms with Gasteiger partial charge in [-0.1, -0.05) is 48.0 Å². The molecule has 35 heavy (non-hydrogen) atoms. The lowest BCUT2D eigenvalue weighted by Crippen LogP contribution is -2.42. The number of rotatable bonds is 6. The molecule has 0 radical (unpaired) electrons. The first-order valence-corrected chi connectivity index (χ1v) is 12.7. The first-order chi connectivity index (χ1) is 17.1. The Kier molecular flexibility index (Phi) is 7.05. The summed E-state index contributed by atoms with van der Waals surface area (Å²) in [6, 6.07) is 11.6. The van der Waals surface area contributed by atoms with Gasteiger partial charge in [0.1, 0.15) is 5.76 Å². The van der Waals surface area contributed by atoms with Crippen LogP contribution in [0.1, 0.15) is 36.8 Å². The Balaban J connectivity index is 1.29. The molecule has 1 fully saturated rings. The molecule has 1 aromatic heterocycles. The number of ether oxygens (including phenoxy) is 1. The summed E-state index contributed by atoms with van der Waals surface area (Å²) in [5.74, 6) is 1.76. The Bertz CT molecular complexity index is 1200. The molecule has 4 nitrogen and oxygen atoms in total. The molecule has 0 saturated carbocycles. The zero-order valence-corrected chi connectivity index (χ0v) is 20.6. The number of fused-ring (bicyclic) bond motifs is 2. The van der Waals surface area contributed by atoms with Crippen LogP contribution in [0, 0.1) is 5.92 Å². The second kappa shape index (κ2) is 10.4. The van der Waals surface area contributed by atoms with Crippen molar-refractivity contribution < 1.29 is 9.84 Å². The highest BCUT2D eigenvalue weighted by atomic mass is 35.5. The Morgan fingerprint density at radius 1 is 1.20 bits per heavy atom. The van der Waals surface area contributed by atoms with Crippen molar-refractivity contribution in [3.05, 3.63) is 113 Å². The van der Waals surface area contributed by atoms with Gasteiger partial charge in [0, 0.05) is 47.9 Å². The second-order valence-electron chi connectivity index (χ2n) is 9.43. The molecule has 1 saturated heterocycles. The van der Waals surface area contributed by atoms with Crippen LogP contribution in [0.4, 0.5) is 0 Å². The molecule has 2 aromatic rings. The summed E-state index contributed by atoms with van der Waals surface area (Å²) in [5.41, 5.74) is 3.51.